The van der Waals surface area contributed by atoms with Gasteiger partial charge in [-0.3, -0.25) is 4.79 Å². The van der Waals surface area contributed by atoms with E-state index in [0.29, 0.717) is 13.1 Å². The summed E-state index contributed by atoms with van der Waals surface area (Å²) in [5.41, 5.74) is 0. The molecule has 23 heavy (non-hydrogen) atoms. The largest absolute Gasteiger partial charge is 0.394 e. The molecular weight excluding hydrogens is 302 g/mol. The molecule has 1 amide bonds. The Labute approximate surface area is 138 Å². The molecule has 0 saturated heterocycles. The van der Waals surface area contributed by atoms with E-state index >= 15 is 0 Å². The first-order chi connectivity index (χ1) is 10.9. The second-order valence-electron chi connectivity index (χ2n) is 5.92. The van der Waals surface area contributed by atoms with Crippen LogP contribution in [-0.4, -0.2) is 80.5 Å². The van der Waals surface area contributed by atoms with Gasteiger partial charge >= 0.3 is 0 Å². The van der Waals surface area contributed by atoms with E-state index in [2.05, 4.69) is 13.8 Å². The van der Waals surface area contributed by atoms with Crippen LogP contribution in [-0.2, 0) is 4.79 Å². The zero-order chi connectivity index (χ0) is 17.8. The van der Waals surface area contributed by atoms with Gasteiger partial charge in [0, 0.05) is 13.1 Å². The zero-order valence-corrected chi connectivity index (χ0v) is 14.3. The number of carbonyl (C=O) groups excluding carboxylic acids is 1. The maximum atomic E-state index is 12.3. The maximum absolute atomic E-state index is 12.3. The molecule has 0 aromatic carbocycles. The van der Waals surface area contributed by atoms with Gasteiger partial charge < -0.3 is 30.4 Å². The lowest BCUT2D eigenvalue weighted by molar-refractivity contribution is -0.158. The monoisotopic (exact) mass is 335 g/mol. The van der Waals surface area contributed by atoms with Gasteiger partial charge in [0.2, 0.25) is 0 Å². The van der Waals surface area contributed by atoms with Gasteiger partial charge in [0.05, 0.1) is 6.61 Å². The first-order valence-corrected chi connectivity index (χ1v) is 8.52. The fourth-order valence-electron chi connectivity index (χ4n) is 2.29. The number of aliphatic hydroxyl groups excluding tert-OH is 5. The van der Waals surface area contributed by atoms with E-state index in [1.807, 2.05) is 0 Å². The van der Waals surface area contributed by atoms with Crippen molar-refractivity contribution in [3.05, 3.63) is 0 Å². The third kappa shape index (κ3) is 8.08. The molecule has 0 rings (SSSR count). The van der Waals surface area contributed by atoms with Crippen LogP contribution in [0.15, 0.2) is 0 Å². The molecule has 0 spiro atoms. The third-order valence-electron chi connectivity index (χ3n) is 3.88. The van der Waals surface area contributed by atoms with Gasteiger partial charge in [0.15, 0.2) is 6.10 Å². The van der Waals surface area contributed by atoms with Gasteiger partial charge in [-0.05, 0) is 12.8 Å². The quantitative estimate of drug-likeness (QED) is 0.293. The van der Waals surface area contributed by atoms with Crippen molar-refractivity contribution in [1.82, 2.24) is 4.90 Å². The highest BCUT2D eigenvalue weighted by atomic mass is 16.4. The van der Waals surface area contributed by atoms with Gasteiger partial charge in [-0.2, -0.15) is 0 Å². The lowest BCUT2D eigenvalue weighted by Crippen LogP contribution is -2.52. The maximum Gasteiger partial charge on any atom is 0.254 e. The fraction of sp³-hybridized carbons (Fsp3) is 0.938. The van der Waals surface area contributed by atoms with Crippen molar-refractivity contribution in [2.75, 3.05) is 19.7 Å². The first kappa shape index (κ1) is 22.3. The molecule has 4 atom stereocenters. The van der Waals surface area contributed by atoms with E-state index in [9.17, 15) is 25.2 Å². The molecule has 0 aliphatic rings. The van der Waals surface area contributed by atoms with Crippen LogP contribution >= 0.6 is 0 Å². The Morgan fingerprint density at radius 3 is 1.74 bits per heavy atom. The van der Waals surface area contributed by atoms with Crippen molar-refractivity contribution < 1.29 is 30.3 Å². The van der Waals surface area contributed by atoms with Crippen molar-refractivity contribution >= 4 is 5.91 Å². The molecule has 0 radical (unpaired) electrons. The van der Waals surface area contributed by atoms with Crippen molar-refractivity contribution in [3.63, 3.8) is 0 Å². The molecule has 7 heteroatoms. The predicted octanol–water partition coefficient (Wildman–Crippen LogP) is -0.369. The van der Waals surface area contributed by atoms with Crippen LogP contribution in [0.1, 0.15) is 52.4 Å². The van der Waals surface area contributed by atoms with E-state index < -0.39 is 36.9 Å². The van der Waals surface area contributed by atoms with Crippen LogP contribution in [0.3, 0.4) is 0 Å². The lowest BCUT2D eigenvalue weighted by Gasteiger charge is -2.30. The molecule has 0 fully saturated rings. The molecule has 0 aliphatic heterocycles. The van der Waals surface area contributed by atoms with Crippen LogP contribution < -0.4 is 0 Å². The third-order valence-corrected chi connectivity index (χ3v) is 3.88. The zero-order valence-electron chi connectivity index (χ0n) is 14.3. The number of rotatable bonds is 13. The predicted molar refractivity (Wildman–Crippen MR) is 86.7 cm³/mol. The summed E-state index contributed by atoms with van der Waals surface area (Å²) in [6, 6.07) is 0. The van der Waals surface area contributed by atoms with Gasteiger partial charge in [0.25, 0.3) is 5.91 Å². The minimum atomic E-state index is -1.84. The molecule has 0 heterocycles. The Hall–Kier alpha value is -0.730. The molecule has 0 aliphatic carbocycles. The molecule has 7 nitrogen and oxygen atoms in total. The van der Waals surface area contributed by atoms with E-state index in [1.165, 1.54) is 4.90 Å². The standard InChI is InChI=1S/C16H33NO6/c1-3-5-7-9-17(10-8-6-4-2)16(23)15(22)14(21)13(20)12(19)11-18/h12-15,18-22H,3-11H2,1-2H3/t12-,13-,14+,15-/m1/s1. The highest BCUT2D eigenvalue weighted by molar-refractivity contribution is 5.81. The SMILES string of the molecule is CCCCCN(CCCCC)C(=O)[C@H](O)[C@@H](O)[C@H](O)[C@H](O)CO. The Morgan fingerprint density at radius 2 is 1.35 bits per heavy atom. The normalized spacial score (nSPS) is 16.7. The summed E-state index contributed by atoms with van der Waals surface area (Å²) in [7, 11) is 0. The first-order valence-electron chi connectivity index (χ1n) is 8.52. The molecule has 0 aromatic heterocycles. The van der Waals surface area contributed by atoms with E-state index in [4.69, 9.17) is 5.11 Å². The fourth-order valence-corrected chi connectivity index (χ4v) is 2.29. The Morgan fingerprint density at radius 1 is 0.870 bits per heavy atom. The Kier molecular flexibility index (Phi) is 12.3. The van der Waals surface area contributed by atoms with Crippen LogP contribution in [0, 0.1) is 0 Å². The number of unbranched alkanes of at least 4 members (excludes halogenated alkanes) is 4. The van der Waals surface area contributed by atoms with Crippen molar-refractivity contribution in [2.45, 2.75) is 76.8 Å². The summed E-state index contributed by atoms with van der Waals surface area (Å²) in [5.74, 6) is -0.658. The number of aliphatic hydroxyl groups is 5. The van der Waals surface area contributed by atoms with Gasteiger partial charge in [-0.15, -0.1) is 0 Å². The van der Waals surface area contributed by atoms with Crippen LogP contribution in [0.2, 0.25) is 0 Å². The van der Waals surface area contributed by atoms with Gasteiger partial charge in [-0.25, -0.2) is 0 Å². The molecule has 0 aromatic rings. The summed E-state index contributed by atoms with van der Waals surface area (Å²) >= 11 is 0. The molecule has 5 N–H and O–H groups in total. The molecule has 0 unspecified atom stereocenters. The highest BCUT2D eigenvalue weighted by Gasteiger charge is 2.36. The molecular formula is C16H33NO6. The van der Waals surface area contributed by atoms with Crippen LogP contribution in [0.5, 0.6) is 0 Å². The lowest BCUT2D eigenvalue weighted by atomic mass is 10.0. The average molecular weight is 335 g/mol. The van der Waals surface area contributed by atoms with Gasteiger partial charge in [0.1, 0.15) is 18.3 Å². The average Bonchev–Trinajstić information content (AvgIpc) is 2.57. The molecule has 138 valence electrons. The summed E-state index contributed by atoms with van der Waals surface area (Å²) in [6.07, 6.45) is -1.53. The highest BCUT2D eigenvalue weighted by Crippen LogP contribution is 2.11. The minimum absolute atomic E-state index is 0.485. The summed E-state index contributed by atoms with van der Waals surface area (Å²) in [4.78, 5) is 13.8. The van der Waals surface area contributed by atoms with E-state index in [1.54, 1.807) is 0 Å². The smallest absolute Gasteiger partial charge is 0.254 e. The number of amides is 1. The molecule has 0 saturated carbocycles. The van der Waals surface area contributed by atoms with Crippen molar-refractivity contribution in [2.24, 2.45) is 0 Å². The topological polar surface area (TPSA) is 121 Å². The van der Waals surface area contributed by atoms with Gasteiger partial charge in [-0.1, -0.05) is 39.5 Å². The number of carbonyl (C=O) groups is 1. The van der Waals surface area contributed by atoms with E-state index in [0.717, 1.165) is 38.5 Å². The van der Waals surface area contributed by atoms with Crippen molar-refractivity contribution in [1.29, 1.82) is 0 Å². The molecule has 0 bridgehead atoms. The summed E-state index contributed by atoms with van der Waals surface area (Å²) < 4.78 is 0. The van der Waals surface area contributed by atoms with Crippen molar-refractivity contribution in [3.8, 4) is 0 Å². The number of nitrogens with zero attached hydrogens (tertiary/aromatic N) is 1. The number of hydrogen-bond acceptors (Lipinski definition) is 6. The van der Waals surface area contributed by atoms with Crippen LogP contribution in [0.4, 0.5) is 0 Å². The Bertz CT molecular complexity index is 305. The summed E-state index contributed by atoms with van der Waals surface area (Å²) in [6.45, 7) is 4.30. The second-order valence-corrected chi connectivity index (χ2v) is 5.92. The van der Waals surface area contributed by atoms with Crippen LogP contribution in [0.25, 0.3) is 0 Å². The van der Waals surface area contributed by atoms with E-state index in [-0.39, 0.29) is 0 Å². The minimum Gasteiger partial charge on any atom is -0.394 e. The summed E-state index contributed by atoms with van der Waals surface area (Å²) in [5, 5.41) is 47.5. The Balaban J connectivity index is 4.73. The second kappa shape index (κ2) is 12.7. The number of hydrogen-bond donors (Lipinski definition) is 5.